The Morgan fingerprint density at radius 2 is 1.87 bits per heavy atom. The lowest BCUT2D eigenvalue weighted by atomic mass is 10.1. The van der Waals surface area contributed by atoms with E-state index in [1.165, 1.54) is 18.2 Å². The molecule has 0 saturated carbocycles. The summed E-state index contributed by atoms with van der Waals surface area (Å²) >= 11 is 6.37. The van der Waals surface area contributed by atoms with Crippen LogP contribution in [0.3, 0.4) is 0 Å². The molecule has 8 heteroatoms. The van der Waals surface area contributed by atoms with E-state index >= 15 is 0 Å². The molecule has 3 aromatic rings. The van der Waals surface area contributed by atoms with Gasteiger partial charge in [0.25, 0.3) is 5.56 Å². The minimum absolute atomic E-state index is 0.0310. The number of nitrogens with one attached hydrogen (secondary N) is 2. The van der Waals surface area contributed by atoms with Crippen LogP contribution in [0.25, 0.3) is 22.6 Å². The van der Waals surface area contributed by atoms with Crippen LogP contribution in [0.15, 0.2) is 53.3 Å². The Hall–Kier alpha value is -2.77. The Balaban J connectivity index is 1.90. The van der Waals surface area contributed by atoms with Gasteiger partial charge in [-0.3, -0.25) is 4.79 Å². The molecule has 3 rings (SSSR count). The summed E-state index contributed by atoms with van der Waals surface area (Å²) in [4.78, 5) is 19.5. The molecule has 2 aromatic carbocycles. The molecule has 0 amide bonds. The number of benzene rings is 2. The van der Waals surface area contributed by atoms with E-state index in [0.29, 0.717) is 40.1 Å². The summed E-state index contributed by atoms with van der Waals surface area (Å²) in [5.74, 6) is 0.897. The van der Waals surface area contributed by atoms with E-state index in [2.05, 4.69) is 33.9 Å². The van der Waals surface area contributed by atoms with E-state index in [0.717, 1.165) is 12.1 Å². The highest BCUT2D eigenvalue weighted by molar-refractivity contribution is 6.33. The van der Waals surface area contributed by atoms with Crippen LogP contribution in [0, 0.1) is 5.92 Å². The second-order valence-electron chi connectivity index (χ2n) is 7.22. The van der Waals surface area contributed by atoms with Crippen molar-refractivity contribution in [2.24, 2.45) is 5.92 Å². The van der Waals surface area contributed by atoms with Crippen molar-refractivity contribution in [3.05, 3.63) is 69.5 Å². The van der Waals surface area contributed by atoms with Crippen LogP contribution in [0.4, 0.5) is 8.78 Å². The minimum atomic E-state index is -2.90. The molecule has 158 valence electrons. The number of halogens is 3. The standard InChI is InChI=1S/C22H22ClF2N3O2/c1-13(2)11-26-12-14-3-8-18(23)17(9-14)21-27-19(10-20(29)28-21)15-4-6-16(7-5-15)30-22(24)25/h3-10,13,22,26H,11-12H2,1-2H3,(H,27,28,29). The molecular formula is C22H22ClF2N3O2. The molecule has 1 heterocycles. The average Bonchev–Trinajstić information content (AvgIpc) is 2.68. The first-order valence-corrected chi connectivity index (χ1v) is 9.85. The van der Waals surface area contributed by atoms with Crippen molar-refractivity contribution in [1.82, 2.24) is 15.3 Å². The van der Waals surface area contributed by atoms with Gasteiger partial charge in [-0.1, -0.05) is 31.5 Å². The summed E-state index contributed by atoms with van der Waals surface area (Å²) in [6, 6.07) is 12.9. The van der Waals surface area contributed by atoms with E-state index in [4.69, 9.17) is 11.6 Å². The molecule has 0 fully saturated rings. The maximum absolute atomic E-state index is 12.3. The highest BCUT2D eigenvalue weighted by atomic mass is 35.5. The first kappa shape index (κ1) is 21.9. The topological polar surface area (TPSA) is 67.0 Å². The minimum Gasteiger partial charge on any atom is -0.435 e. The van der Waals surface area contributed by atoms with Crippen LogP contribution in [0.5, 0.6) is 5.75 Å². The Morgan fingerprint density at radius 1 is 1.13 bits per heavy atom. The van der Waals surface area contributed by atoms with Crippen molar-refractivity contribution in [2.45, 2.75) is 27.0 Å². The maximum atomic E-state index is 12.3. The number of hydrogen-bond acceptors (Lipinski definition) is 4. The number of aromatic amines is 1. The molecule has 0 saturated heterocycles. The molecule has 0 unspecified atom stereocenters. The SMILES string of the molecule is CC(C)CNCc1ccc(Cl)c(-c2nc(-c3ccc(OC(F)F)cc3)cc(=O)[nH]2)c1. The van der Waals surface area contributed by atoms with Gasteiger partial charge >= 0.3 is 6.61 Å². The molecule has 0 atom stereocenters. The van der Waals surface area contributed by atoms with Gasteiger partial charge in [0.1, 0.15) is 11.6 Å². The smallest absolute Gasteiger partial charge is 0.387 e. The van der Waals surface area contributed by atoms with Crippen molar-refractivity contribution in [3.8, 4) is 28.4 Å². The van der Waals surface area contributed by atoms with Gasteiger partial charge in [-0.2, -0.15) is 8.78 Å². The third-order valence-corrected chi connectivity index (χ3v) is 4.61. The molecular weight excluding hydrogens is 412 g/mol. The molecule has 5 nitrogen and oxygen atoms in total. The Kier molecular flexibility index (Phi) is 7.18. The summed E-state index contributed by atoms with van der Waals surface area (Å²) < 4.78 is 29.0. The molecule has 30 heavy (non-hydrogen) atoms. The highest BCUT2D eigenvalue weighted by Gasteiger charge is 2.11. The lowest BCUT2D eigenvalue weighted by Crippen LogP contribution is -2.19. The van der Waals surface area contributed by atoms with Crippen molar-refractivity contribution >= 4 is 11.6 Å². The average molecular weight is 434 g/mol. The predicted octanol–water partition coefficient (Wildman–Crippen LogP) is 5.10. The molecule has 1 aromatic heterocycles. The first-order chi connectivity index (χ1) is 14.3. The van der Waals surface area contributed by atoms with Crippen molar-refractivity contribution < 1.29 is 13.5 Å². The zero-order chi connectivity index (χ0) is 21.7. The van der Waals surface area contributed by atoms with Gasteiger partial charge in [0.2, 0.25) is 0 Å². The maximum Gasteiger partial charge on any atom is 0.387 e. The summed E-state index contributed by atoms with van der Waals surface area (Å²) in [5.41, 5.74) is 2.27. The van der Waals surface area contributed by atoms with Gasteiger partial charge in [0, 0.05) is 23.7 Å². The third kappa shape index (κ3) is 5.87. The fourth-order valence-electron chi connectivity index (χ4n) is 2.91. The van der Waals surface area contributed by atoms with E-state index in [1.807, 2.05) is 12.1 Å². The quantitative estimate of drug-likeness (QED) is 0.518. The zero-order valence-electron chi connectivity index (χ0n) is 16.6. The van der Waals surface area contributed by atoms with Gasteiger partial charge < -0.3 is 15.0 Å². The summed E-state index contributed by atoms with van der Waals surface area (Å²) in [5, 5.41) is 3.83. The Morgan fingerprint density at radius 3 is 2.53 bits per heavy atom. The molecule has 0 radical (unpaired) electrons. The van der Waals surface area contributed by atoms with Gasteiger partial charge in [0.05, 0.1) is 10.7 Å². The monoisotopic (exact) mass is 433 g/mol. The molecule has 0 spiro atoms. The van der Waals surface area contributed by atoms with E-state index < -0.39 is 6.61 Å². The van der Waals surface area contributed by atoms with Crippen LogP contribution < -0.4 is 15.6 Å². The summed E-state index contributed by atoms with van der Waals surface area (Å²) in [6.07, 6.45) is 0. The largest absolute Gasteiger partial charge is 0.435 e. The number of H-pyrrole nitrogens is 1. The molecule has 0 bridgehead atoms. The Bertz CT molecular complexity index is 1050. The number of aromatic nitrogens is 2. The number of ether oxygens (including phenoxy) is 1. The highest BCUT2D eigenvalue weighted by Crippen LogP contribution is 2.28. The van der Waals surface area contributed by atoms with Gasteiger partial charge in [-0.15, -0.1) is 0 Å². The number of alkyl halides is 2. The normalized spacial score (nSPS) is 11.3. The second kappa shape index (κ2) is 9.82. The summed E-state index contributed by atoms with van der Waals surface area (Å²) in [6.45, 7) is 2.91. The van der Waals surface area contributed by atoms with Crippen molar-refractivity contribution in [2.75, 3.05) is 6.54 Å². The molecule has 0 aliphatic heterocycles. The van der Waals surface area contributed by atoms with Crippen molar-refractivity contribution in [3.63, 3.8) is 0 Å². The number of rotatable bonds is 8. The Labute approximate surface area is 178 Å². The van der Waals surface area contributed by atoms with Crippen LogP contribution in [0.1, 0.15) is 19.4 Å². The van der Waals surface area contributed by atoms with Gasteiger partial charge in [-0.05, 0) is 54.4 Å². The molecule has 0 aliphatic rings. The van der Waals surface area contributed by atoms with E-state index in [9.17, 15) is 13.6 Å². The zero-order valence-corrected chi connectivity index (χ0v) is 17.3. The van der Waals surface area contributed by atoms with Gasteiger partial charge in [0.15, 0.2) is 0 Å². The third-order valence-electron chi connectivity index (χ3n) is 4.28. The van der Waals surface area contributed by atoms with Crippen LogP contribution >= 0.6 is 11.6 Å². The number of hydrogen-bond donors (Lipinski definition) is 2. The van der Waals surface area contributed by atoms with Crippen molar-refractivity contribution in [1.29, 1.82) is 0 Å². The van der Waals surface area contributed by atoms with Crippen LogP contribution in [-0.4, -0.2) is 23.1 Å². The van der Waals surface area contributed by atoms with E-state index in [1.54, 1.807) is 18.2 Å². The lowest BCUT2D eigenvalue weighted by molar-refractivity contribution is -0.0498. The molecule has 2 N–H and O–H groups in total. The molecule has 0 aliphatic carbocycles. The fourth-order valence-corrected chi connectivity index (χ4v) is 3.12. The summed E-state index contributed by atoms with van der Waals surface area (Å²) in [7, 11) is 0. The second-order valence-corrected chi connectivity index (χ2v) is 7.63. The van der Waals surface area contributed by atoms with Gasteiger partial charge in [-0.25, -0.2) is 4.98 Å². The van der Waals surface area contributed by atoms with Crippen LogP contribution in [0.2, 0.25) is 5.02 Å². The number of nitrogens with zero attached hydrogens (tertiary/aromatic N) is 1. The first-order valence-electron chi connectivity index (χ1n) is 9.48. The van der Waals surface area contributed by atoms with Crippen LogP contribution in [-0.2, 0) is 6.54 Å². The predicted molar refractivity (Wildman–Crippen MR) is 114 cm³/mol. The lowest BCUT2D eigenvalue weighted by Gasteiger charge is -2.11. The van der Waals surface area contributed by atoms with E-state index in [-0.39, 0.29) is 11.3 Å². The fraction of sp³-hybridized carbons (Fsp3) is 0.273.